The van der Waals surface area contributed by atoms with Gasteiger partial charge < -0.3 is 14.7 Å². The molecule has 3 aromatic heterocycles. The number of aromatic amines is 2. The summed E-state index contributed by atoms with van der Waals surface area (Å²) >= 11 is 0. The van der Waals surface area contributed by atoms with Gasteiger partial charge >= 0.3 is 11.9 Å². The summed E-state index contributed by atoms with van der Waals surface area (Å²) in [5.74, 6) is -1.18. The van der Waals surface area contributed by atoms with Gasteiger partial charge in [0.25, 0.3) is 0 Å². The van der Waals surface area contributed by atoms with Crippen molar-refractivity contribution in [3.8, 4) is 0 Å². The summed E-state index contributed by atoms with van der Waals surface area (Å²) in [7, 11) is 0. The van der Waals surface area contributed by atoms with Crippen molar-refractivity contribution >= 4 is 39.8 Å². The van der Waals surface area contributed by atoms with E-state index in [1.165, 1.54) is 0 Å². The number of rotatable bonds is 2. The number of aryl methyl sites for hydroxylation is 2. The van der Waals surface area contributed by atoms with Crippen molar-refractivity contribution in [1.82, 2.24) is 19.9 Å². The number of cyclic esters (lactones) is 2. The number of esters is 2. The van der Waals surface area contributed by atoms with Crippen LogP contribution in [-0.2, 0) is 4.74 Å². The van der Waals surface area contributed by atoms with E-state index in [0.29, 0.717) is 33.5 Å². The van der Waals surface area contributed by atoms with Crippen LogP contribution in [0.5, 0.6) is 0 Å². The highest BCUT2D eigenvalue weighted by Crippen LogP contribution is 2.42. The highest BCUT2D eigenvalue weighted by molar-refractivity contribution is 6.18. The van der Waals surface area contributed by atoms with Crippen LogP contribution in [-0.4, -0.2) is 37.7 Å². The highest BCUT2D eigenvalue weighted by Gasteiger charge is 2.37. The summed E-state index contributed by atoms with van der Waals surface area (Å²) in [6.07, 6.45) is 0.873. The van der Waals surface area contributed by atoms with Crippen molar-refractivity contribution < 1.29 is 19.1 Å². The Hall–Kier alpha value is -4.07. The van der Waals surface area contributed by atoms with Crippen LogP contribution in [0.15, 0.2) is 18.2 Å². The summed E-state index contributed by atoms with van der Waals surface area (Å²) in [4.78, 5) is 55.6. The molecule has 0 fully saturated rings. The van der Waals surface area contributed by atoms with Gasteiger partial charge in [0.1, 0.15) is 5.56 Å². The fourth-order valence-corrected chi connectivity index (χ4v) is 6.45. The molecule has 0 radical (unpaired) electrons. The molecular formula is C31H32N4O4. The van der Waals surface area contributed by atoms with E-state index in [-0.39, 0.29) is 29.5 Å². The summed E-state index contributed by atoms with van der Waals surface area (Å²) in [6, 6.07) is 5.94. The fraction of sp³-hybridized carbons (Fsp3) is 0.387. The zero-order valence-electron chi connectivity index (χ0n) is 23.3. The van der Waals surface area contributed by atoms with Gasteiger partial charge in [-0.25, -0.2) is 9.59 Å². The SMILES string of the molecule is CC[C@H]1c2cc3[nH]c4c(c5nc(cc6[nH]c(cc(n2)[C@@H]1C)c(C(C)=O)c6C)[C@@H](C)[C@@H]5C)C(=O)OC(=O)c4c3C. The van der Waals surface area contributed by atoms with E-state index in [4.69, 9.17) is 14.7 Å². The molecule has 0 unspecified atom stereocenters. The third-order valence-electron chi connectivity index (χ3n) is 8.98. The van der Waals surface area contributed by atoms with Crippen molar-refractivity contribution in [2.24, 2.45) is 0 Å². The molecule has 3 aliphatic heterocycles. The van der Waals surface area contributed by atoms with Crippen LogP contribution in [0.25, 0.3) is 22.1 Å². The molecule has 0 saturated heterocycles. The second-order valence-electron chi connectivity index (χ2n) is 11.2. The van der Waals surface area contributed by atoms with Crippen LogP contribution in [0.3, 0.4) is 0 Å². The van der Waals surface area contributed by atoms with Gasteiger partial charge in [-0.1, -0.05) is 27.7 Å². The van der Waals surface area contributed by atoms with Gasteiger partial charge in [-0.3, -0.25) is 14.8 Å². The number of H-pyrrole nitrogens is 2. The maximum absolute atomic E-state index is 13.2. The third-order valence-corrected chi connectivity index (χ3v) is 8.98. The molecule has 0 aromatic carbocycles. The molecule has 3 aliphatic rings. The van der Waals surface area contributed by atoms with Gasteiger partial charge in [-0.05, 0) is 56.5 Å². The Morgan fingerprint density at radius 1 is 0.821 bits per heavy atom. The first-order chi connectivity index (χ1) is 18.5. The first-order valence-corrected chi connectivity index (χ1v) is 13.6. The smallest absolute Gasteiger partial charge is 0.350 e. The third kappa shape index (κ3) is 3.61. The zero-order valence-corrected chi connectivity index (χ0v) is 23.3. The highest BCUT2D eigenvalue weighted by atomic mass is 16.6. The lowest BCUT2D eigenvalue weighted by molar-refractivity contribution is 0.0389. The Bertz CT molecular complexity index is 1780. The number of fused-ring (bicyclic) bond motifs is 8. The molecule has 200 valence electrons. The molecule has 0 aliphatic carbocycles. The van der Waals surface area contributed by atoms with Crippen LogP contribution < -0.4 is 0 Å². The van der Waals surface area contributed by atoms with Gasteiger partial charge in [0.05, 0.1) is 22.3 Å². The number of nitrogens with one attached hydrogen (secondary N) is 2. The van der Waals surface area contributed by atoms with Crippen molar-refractivity contribution in [1.29, 1.82) is 0 Å². The van der Waals surface area contributed by atoms with Crippen LogP contribution in [0.1, 0.15) is 130 Å². The average molecular weight is 525 g/mol. The van der Waals surface area contributed by atoms with Crippen molar-refractivity contribution in [2.75, 3.05) is 0 Å². The predicted molar refractivity (Wildman–Crippen MR) is 149 cm³/mol. The van der Waals surface area contributed by atoms with Gasteiger partial charge in [-0.15, -0.1) is 0 Å². The van der Waals surface area contributed by atoms with E-state index in [1.54, 1.807) is 6.92 Å². The Morgan fingerprint density at radius 3 is 2.13 bits per heavy atom. The molecule has 4 atom stereocenters. The Kier molecular flexibility index (Phi) is 5.64. The molecule has 6 rings (SSSR count). The van der Waals surface area contributed by atoms with Crippen LogP contribution >= 0.6 is 0 Å². The number of carbonyl (C=O) groups excluding carboxylic acids is 3. The number of nitrogens with zero attached hydrogens (tertiary/aromatic N) is 2. The molecule has 0 saturated carbocycles. The first-order valence-electron chi connectivity index (χ1n) is 13.6. The number of aromatic nitrogens is 4. The van der Waals surface area contributed by atoms with Gasteiger partial charge in [0, 0.05) is 57.4 Å². The quantitative estimate of drug-likeness (QED) is 0.220. The van der Waals surface area contributed by atoms with E-state index < -0.39 is 11.9 Å². The summed E-state index contributed by atoms with van der Waals surface area (Å²) in [6.45, 7) is 13.7. The largest absolute Gasteiger partial charge is 0.386 e. The molecule has 3 aromatic rings. The molecular weight excluding hydrogens is 492 g/mol. The fourth-order valence-electron chi connectivity index (χ4n) is 6.45. The second-order valence-corrected chi connectivity index (χ2v) is 11.2. The average Bonchev–Trinajstić information content (AvgIpc) is 3.54. The van der Waals surface area contributed by atoms with Gasteiger partial charge in [0.2, 0.25) is 0 Å². The van der Waals surface area contributed by atoms with Crippen LogP contribution in [0.2, 0.25) is 0 Å². The normalized spacial score (nSPS) is 22.2. The number of ketones is 1. The Morgan fingerprint density at radius 2 is 1.44 bits per heavy atom. The van der Waals surface area contributed by atoms with Crippen molar-refractivity contribution in [3.63, 3.8) is 0 Å². The molecule has 8 nitrogen and oxygen atoms in total. The molecule has 8 bridgehead atoms. The molecule has 39 heavy (non-hydrogen) atoms. The number of carbonyl (C=O) groups is 3. The predicted octanol–water partition coefficient (Wildman–Crippen LogP) is 6.65. The molecule has 0 spiro atoms. The van der Waals surface area contributed by atoms with E-state index in [1.807, 2.05) is 39.0 Å². The standard InChI is InChI=1S/C31H32N4O4/c1-8-18-14(4)20-11-24-25(17(7)36)15(5)21(33-24)9-19-12(2)13(3)28(34-19)27-29-26(30(37)39-31(27)38)16(6)22(35-29)10-23(18)32-20/h9-14,18,33,35H,8H2,1-7H3/t12-,13-,14+,18+/m0/s1. The van der Waals surface area contributed by atoms with E-state index in [0.717, 1.165) is 45.6 Å². The summed E-state index contributed by atoms with van der Waals surface area (Å²) in [5, 5.41) is 0. The monoisotopic (exact) mass is 524 g/mol. The number of Topliss-reactive ketones (excluding diaryl/α,β-unsaturated/α-hetero) is 1. The topological polar surface area (TPSA) is 118 Å². The lowest BCUT2D eigenvalue weighted by atomic mass is 9.89. The molecule has 8 heteroatoms. The van der Waals surface area contributed by atoms with Crippen LogP contribution in [0, 0.1) is 13.8 Å². The van der Waals surface area contributed by atoms with E-state index in [9.17, 15) is 14.4 Å². The van der Waals surface area contributed by atoms with E-state index in [2.05, 4.69) is 30.7 Å². The van der Waals surface area contributed by atoms with E-state index >= 15 is 0 Å². The Labute approximate surface area is 226 Å². The second kappa shape index (κ2) is 8.73. The van der Waals surface area contributed by atoms with Gasteiger partial charge in [0.15, 0.2) is 5.78 Å². The Balaban J connectivity index is 1.85. The van der Waals surface area contributed by atoms with Crippen molar-refractivity contribution in [2.45, 2.75) is 78.6 Å². The lowest BCUT2D eigenvalue weighted by Gasteiger charge is -2.15. The molecule has 0 amide bonds. The zero-order chi connectivity index (χ0) is 27.9. The molecule has 2 N–H and O–H groups in total. The summed E-state index contributed by atoms with van der Waals surface area (Å²) < 4.78 is 5.24. The first kappa shape index (κ1) is 25.2. The maximum Gasteiger partial charge on any atom is 0.350 e. The van der Waals surface area contributed by atoms with Gasteiger partial charge in [-0.2, -0.15) is 0 Å². The minimum atomic E-state index is -0.693. The lowest BCUT2D eigenvalue weighted by Crippen LogP contribution is -2.21. The number of ether oxygens (including phenoxy) is 1. The minimum absolute atomic E-state index is 0.00339. The number of hydrogen-bond acceptors (Lipinski definition) is 6. The van der Waals surface area contributed by atoms with Crippen molar-refractivity contribution in [3.05, 3.63) is 68.8 Å². The number of hydrogen-bond donors (Lipinski definition) is 2. The van der Waals surface area contributed by atoms with Crippen LogP contribution in [0.4, 0.5) is 0 Å². The minimum Gasteiger partial charge on any atom is -0.386 e. The summed E-state index contributed by atoms with van der Waals surface area (Å²) in [5.41, 5.74) is 8.75. The maximum atomic E-state index is 13.2. The molecule has 6 heterocycles.